The maximum Gasteiger partial charge on any atom is 0.330 e. The van der Waals surface area contributed by atoms with Crippen LogP contribution in [0.1, 0.15) is 0 Å². The minimum absolute atomic E-state index is 0.243. The molecule has 3 heterocycles. The lowest BCUT2D eigenvalue weighted by Gasteiger charge is -2.20. The van der Waals surface area contributed by atoms with Crippen molar-refractivity contribution in [1.82, 2.24) is 14.8 Å². The van der Waals surface area contributed by atoms with Crippen LogP contribution in [0.4, 0.5) is 16.2 Å². The normalized spacial score (nSPS) is 17.5. The van der Waals surface area contributed by atoms with E-state index < -0.39 is 6.04 Å². The summed E-state index contributed by atoms with van der Waals surface area (Å²) in [5, 5.41) is 15.5. The average molecular weight is 318 g/mol. The molecule has 0 saturated carbocycles. The highest BCUT2D eigenvalue weighted by atomic mass is 16.2. The number of nitrogens with zero attached hydrogens (tertiary/aromatic N) is 6. The Morgan fingerprint density at radius 3 is 2.83 bits per heavy atom. The lowest BCUT2D eigenvalue weighted by Crippen LogP contribution is -2.34. The van der Waals surface area contributed by atoms with Crippen LogP contribution in [-0.2, 0) is 7.05 Å². The smallest absolute Gasteiger partial charge is 0.288 e. The highest BCUT2D eigenvalue weighted by molar-refractivity contribution is 6.11. The van der Waals surface area contributed by atoms with Crippen LogP contribution >= 0.6 is 0 Å². The van der Waals surface area contributed by atoms with Gasteiger partial charge in [0.2, 0.25) is 0 Å². The second-order valence-corrected chi connectivity index (χ2v) is 5.66. The molecule has 24 heavy (non-hydrogen) atoms. The molecular formula is C17H14N6O. The topological polar surface area (TPSA) is 78.0 Å². The number of hydrogen-bond acceptors (Lipinski definition) is 4. The number of amides is 2. The number of hydrogen-bond donors (Lipinski definition) is 0. The number of fused-ring (bicyclic) bond motifs is 1. The lowest BCUT2D eigenvalue weighted by molar-refractivity contribution is 0.255. The van der Waals surface area contributed by atoms with Gasteiger partial charge in [0.25, 0.3) is 0 Å². The molecule has 2 aromatic heterocycles. The molecule has 0 bridgehead atoms. The number of carbonyl (C=O) groups excluding carboxylic acids is 1. The molecule has 0 N–H and O–H groups in total. The van der Waals surface area contributed by atoms with Crippen LogP contribution in [0.25, 0.3) is 10.8 Å². The zero-order chi connectivity index (χ0) is 16.7. The van der Waals surface area contributed by atoms with Gasteiger partial charge >= 0.3 is 6.03 Å². The fourth-order valence-corrected chi connectivity index (χ4v) is 3.02. The van der Waals surface area contributed by atoms with Gasteiger partial charge in [-0.2, -0.15) is 10.4 Å². The molecule has 0 radical (unpaired) electrons. The summed E-state index contributed by atoms with van der Waals surface area (Å²) in [4.78, 5) is 20.3. The van der Waals surface area contributed by atoms with E-state index in [9.17, 15) is 10.1 Å². The number of urea groups is 1. The summed E-state index contributed by atoms with van der Waals surface area (Å²) in [7, 11) is 1.79. The largest absolute Gasteiger partial charge is 0.330 e. The number of carbonyl (C=O) groups is 1. The van der Waals surface area contributed by atoms with E-state index in [1.54, 1.807) is 41.4 Å². The van der Waals surface area contributed by atoms with E-state index in [2.05, 4.69) is 16.2 Å². The van der Waals surface area contributed by atoms with Crippen molar-refractivity contribution in [2.24, 2.45) is 7.05 Å². The fraction of sp³-hybridized carbons (Fsp3) is 0.176. The van der Waals surface area contributed by atoms with Crippen molar-refractivity contribution in [2.45, 2.75) is 6.04 Å². The molecule has 0 aliphatic carbocycles. The fourth-order valence-electron chi connectivity index (χ4n) is 3.02. The van der Waals surface area contributed by atoms with Gasteiger partial charge < -0.3 is 0 Å². The van der Waals surface area contributed by atoms with Crippen LogP contribution in [0, 0.1) is 11.3 Å². The van der Waals surface area contributed by atoms with Gasteiger partial charge in [0.15, 0.2) is 0 Å². The molecule has 1 aliphatic heterocycles. The molecule has 1 fully saturated rings. The van der Waals surface area contributed by atoms with Gasteiger partial charge in [-0.1, -0.05) is 24.3 Å². The van der Waals surface area contributed by atoms with E-state index in [1.165, 1.54) is 4.90 Å². The molecule has 0 unspecified atom stereocenters. The van der Waals surface area contributed by atoms with Crippen LogP contribution in [0.15, 0.2) is 49.1 Å². The first-order chi connectivity index (χ1) is 11.7. The van der Waals surface area contributed by atoms with Gasteiger partial charge in [0.1, 0.15) is 6.04 Å². The van der Waals surface area contributed by atoms with E-state index in [0.29, 0.717) is 17.9 Å². The second-order valence-electron chi connectivity index (χ2n) is 5.66. The standard InChI is InChI=1S/C17H14N6O/c1-21-10-14(8-20-21)22-11-13(6-18)23(17(22)24)16-9-19-7-12-4-2-3-5-15(12)16/h2-5,7-10,13H,11H2,1H3/t13-/m1/s1. The maximum absolute atomic E-state index is 13.0. The van der Waals surface area contributed by atoms with Crippen molar-refractivity contribution in [1.29, 1.82) is 5.26 Å². The van der Waals surface area contributed by atoms with Gasteiger partial charge in [-0.3, -0.25) is 19.5 Å². The summed E-state index contributed by atoms with van der Waals surface area (Å²) in [5.41, 5.74) is 1.33. The summed E-state index contributed by atoms with van der Waals surface area (Å²) in [5.74, 6) is 0. The summed E-state index contributed by atoms with van der Waals surface area (Å²) < 4.78 is 1.63. The number of benzene rings is 1. The predicted molar refractivity (Wildman–Crippen MR) is 89.6 cm³/mol. The van der Waals surface area contributed by atoms with Crippen LogP contribution in [-0.4, -0.2) is 33.4 Å². The van der Waals surface area contributed by atoms with E-state index in [0.717, 1.165) is 10.8 Å². The summed E-state index contributed by atoms with van der Waals surface area (Å²) in [6, 6.07) is 9.10. The van der Waals surface area contributed by atoms with E-state index >= 15 is 0 Å². The van der Waals surface area contributed by atoms with E-state index in [4.69, 9.17) is 0 Å². The Kier molecular flexibility index (Phi) is 3.17. The molecule has 7 heteroatoms. The van der Waals surface area contributed by atoms with Crippen molar-refractivity contribution in [3.05, 3.63) is 49.1 Å². The molecule has 3 aromatic rings. The maximum atomic E-state index is 13.0. The average Bonchev–Trinajstić information content (AvgIpc) is 3.17. The van der Waals surface area contributed by atoms with Gasteiger partial charge in [0.05, 0.1) is 36.4 Å². The van der Waals surface area contributed by atoms with Crippen LogP contribution < -0.4 is 9.80 Å². The van der Waals surface area contributed by atoms with Crippen molar-refractivity contribution in [2.75, 3.05) is 16.3 Å². The van der Waals surface area contributed by atoms with Crippen molar-refractivity contribution >= 4 is 28.2 Å². The third-order valence-corrected chi connectivity index (χ3v) is 4.16. The first-order valence-corrected chi connectivity index (χ1v) is 7.51. The lowest BCUT2D eigenvalue weighted by atomic mass is 10.1. The van der Waals surface area contributed by atoms with Crippen molar-refractivity contribution in [3.63, 3.8) is 0 Å². The molecule has 1 saturated heterocycles. The molecular weight excluding hydrogens is 304 g/mol. The second kappa shape index (κ2) is 5.35. The van der Waals surface area contributed by atoms with Crippen LogP contribution in [0.2, 0.25) is 0 Å². The number of anilines is 2. The van der Waals surface area contributed by atoms with Crippen LogP contribution in [0.3, 0.4) is 0 Å². The Bertz CT molecular complexity index is 967. The van der Waals surface area contributed by atoms with Gasteiger partial charge in [-0.05, 0) is 0 Å². The third-order valence-electron chi connectivity index (χ3n) is 4.16. The minimum Gasteiger partial charge on any atom is -0.288 e. The van der Waals surface area contributed by atoms with Crippen molar-refractivity contribution in [3.8, 4) is 6.07 Å². The first kappa shape index (κ1) is 14.2. The number of aromatic nitrogens is 3. The van der Waals surface area contributed by atoms with Gasteiger partial charge in [0, 0.05) is 30.2 Å². The highest BCUT2D eigenvalue weighted by Gasteiger charge is 2.40. The number of nitriles is 1. The van der Waals surface area contributed by atoms with Gasteiger partial charge in [-0.15, -0.1) is 0 Å². The van der Waals surface area contributed by atoms with E-state index in [-0.39, 0.29) is 6.03 Å². The highest BCUT2D eigenvalue weighted by Crippen LogP contribution is 2.32. The molecule has 2 amide bonds. The number of aryl methyl sites for hydroxylation is 1. The number of pyridine rings is 1. The monoisotopic (exact) mass is 318 g/mol. The Labute approximate surface area is 138 Å². The number of rotatable bonds is 2. The molecule has 118 valence electrons. The Morgan fingerprint density at radius 2 is 2.08 bits per heavy atom. The van der Waals surface area contributed by atoms with Crippen LogP contribution in [0.5, 0.6) is 0 Å². The Hall–Kier alpha value is -3.40. The molecule has 1 aromatic carbocycles. The SMILES string of the molecule is Cn1cc(N2C[C@@H](C#N)N(c3cncc4ccccc34)C2=O)cn1. The molecule has 4 rings (SSSR count). The summed E-state index contributed by atoms with van der Waals surface area (Å²) in [6.45, 7) is 0.296. The molecule has 1 aliphatic rings. The quantitative estimate of drug-likeness (QED) is 0.726. The Balaban J connectivity index is 1.81. The molecule has 1 atom stereocenters. The van der Waals surface area contributed by atoms with Gasteiger partial charge in [-0.25, -0.2) is 4.79 Å². The third kappa shape index (κ3) is 2.08. The Morgan fingerprint density at radius 1 is 1.25 bits per heavy atom. The van der Waals surface area contributed by atoms with E-state index in [1.807, 2.05) is 24.3 Å². The minimum atomic E-state index is -0.578. The zero-order valence-electron chi connectivity index (χ0n) is 13.0. The summed E-state index contributed by atoms with van der Waals surface area (Å²) in [6.07, 6.45) is 6.77. The molecule has 7 nitrogen and oxygen atoms in total. The first-order valence-electron chi connectivity index (χ1n) is 7.51. The predicted octanol–water partition coefficient (Wildman–Crippen LogP) is 2.31. The zero-order valence-corrected chi connectivity index (χ0v) is 13.0. The molecule has 0 spiro atoms. The van der Waals surface area contributed by atoms with Crippen molar-refractivity contribution < 1.29 is 4.79 Å². The summed E-state index contributed by atoms with van der Waals surface area (Å²) >= 11 is 0.